The monoisotopic (exact) mass is 547 g/mol. The second-order valence-electron chi connectivity index (χ2n) is 5.88. The molecule has 2 aromatic carbocycles. The molecular formula is C17H18F4IN3O3S. The molecule has 0 heterocycles. The Kier molecular flexibility index (Phi) is 8.68. The first-order valence-electron chi connectivity index (χ1n) is 7.79. The molecule has 0 aliphatic rings. The molecule has 0 fully saturated rings. The minimum absolute atomic E-state index is 0. The fraction of sp³-hybridized carbons (Fsp3) is 0.235. The number of nitrogens with zero attached hydrogens (tertiary/aromatic N) is 1. The largest absolute Gasteiger partial charge is 0.573 e. The molecule has 0 amide bonds. The number of sulfone groups is 1. The van der Waals surface area contributed by atoms with Gasteiger partial charge >= 0.3 is 6.36 Å². The normalized spacial score (nSPS) is 12.2. The van der Waals surface area contributed by atoms with Crippen LogP contribution < -0.4 is 15.8 Å². The van der Waals surface area contributed by atoms with Crippen LogP contribution in [-0.4, -0.2) is 27.0 Å². The molecule has 3 N–H and O–H groups in total. The van der Waals surface area contributed by atoms with Crippen LogP contribution in [-0.2, 0) is 22.1 Å². The Morgan fingerprint density at radius 2 is 1.76 bits per heavy atom. The molecule has 12 heteroatoms. The second kappa shape index (κ2) is 10.1. The van der Waals surface area contributed by atoms with Gasteiger partial charge in [0.15, 0.2) is 15.8 Å². The fourth-order valence-electron chi connectivity index (χ4n) is 2.26. The summed E-state index contributed by atoms with van der Waals surface area (Å²) in [5.74, 6) is -1.29. The van der Waals surface area contributed by atoms with Crippen molar-refractivity contribution in [1.82, 2.24) is 0 Å². The van der Waals surface area contributed by atoms with Crippen LogP contribution in [0, 0.1) is 5.82 Å². The van der Waals surface area contributed by atoms with E-state index in [1.54, 1.807) is 0 Å². The number of hydrogen-bond donors (Lipinski definition) is 2. The quantitative estimate of drug-likeness (QED) is 0.249. The first-order chi connectivity index (χ1) is 12.9. The highest BCUT2D eigenvalue weighted by molar-refractivity contribution is 14.0. The van der Waals surface area contributed by atoms with Crippen molar-refractivity contribution in [3.05, 3.63) is 59.4 Å². The van der Waals surface area contributed by atoms with Crippen molar-refractivity contribution in [2.75, 3.05) is 11.6 Å². The van der Waals surface area contributed by atoms with E-state index in [1.165, 1.54) is 24.3 Å². The number of nitrogens with two attached hydrogens (primary N) is 1. The minimum Gasteiger partial charge on any atom is -0.406 e. The highest BCUT2D eigenvalue weighted by Gasteiger charge is 2.30. The number of halogens is 5. The summed E-state index contributed by atoms with van der Waals surface area (Å²) >= 11 is 0. The van der Waals surface area contributed by atoms with Crippen molar-refractivity contribution in [2.24, 2.45) is 10.7 Å². The first kappa shape index (κ1) is 24.9. The van der Waals surface area contributed by atoms with Gasteiger partial charge in [0.25, 0.3) is 0 Å². The van der Waals surface area contributed by atoms with Crippen molar-refractivity contribution in [3.8, 4) is 5.75 Å². The van der Waals surface area contributed by atoms with Gasteiger partial charge in [0.1, 0.15) is 11.6 Å². The third kappa shape index (κ3) is 9.30. The molecule has 0 unspecified atom stereocenters. The first-order valence-corrected chi connectivity index (χ1v) is 9.85. The molecule has 6 nitrogen and oxygen atoms in total. The number of anilines is 1. The van der Waals surface area contributed by atoms with Gasteiger partial charge in [-0.2, -0.15) is 0 Å². The maximum Gasteiger partial charge on any atom is 0.573 e. The molecule has 0 spiro atoms. The van der Waals surface area contributed by atoms with Crippen molar-refractivity contribution >= 4 is 45.5 Å². The minimum atomic E-state index is -4.79. The van der Waals surface area contributed by atoms with Crippen LogP contribution in [0.25, 0.3) is 0 Å². The molecule has 0 saturated carbocycles. The summed E-state index contributed by atoms with van der Waals surface area (Å²) in [5.41, 5.74) is 6.83. The van der Waals surface area contributed by atoms with Crippen LogP contribution in [0.2, 0.25) is 0 Å². The summed E-state index contributed by atoms with van der Waals surface area (Å²) in [6.07, 6.45) is -3.73. The lowest BCUT2D eigenvalue weighted by molar-refractivity contribution is -0.274. The molecule has 0 aliphatic carbocycles. The van der Waals surface area contributed by atoms with E-state index in [9.17, 15) is 26.0 Å². The zero-order valence-corrected chi connectivity index (χ0v) is 18.2. The van der Waals surface area contributed by atoms with Crippen LogP contribution in [0.1, 0.15) is 11.1 Å². The number of nitrogens with one attached hydrogen (secondary N) is 1. The van der Waals surface area contributed by atoms with Crippen LogP contribution in [0.15, 0.2) is 47.5 Å². The fourth-order valence-corrected chi connectivity index (χ4v) is 3.11. The second-order valence-corrected chi connectivity index (χ2v) is 8.02. The summed E-state index contributed by atoms with van der Waals surface area (Å²) in [5, 5.41) is 2.66. The van der Waals surface area contributed by atoms with Gasteiger partial charge in [-0.1, -0.05) is 6.07 Å². The number of hydrogen-bond acceptors (Lipinski definition) is 4. The predicted molar refractivity (Wildman–Crippen MR) is 112 cm³/mol. The van der Waals surface area contributed by atoms with E-state index in [-0.39, 0.29) is 42.2 Å². The van der Waals surface area contributed by atoms with Gasteiger partial charge in [0.2, 0.25) is 0 Å². The smallest absolute Gasteiger partial charge is 0.406 e. The van der Waals surface area contributed by atoms with E-state index in [0.29, 0.717) is 16.8 Å². The molecule has 160 valence electrons. The molecule has 0 saturated heterocycles. The van der Waals surface area contributed by atoms with Crippen molar-refractivity contribution < 1.29 is 30.7 Å². The van der Waals surface area contributed by atoms with Crippen LogP contribution >= 0.6 is 24.0 Å². The third-order valence-corrected chi connectivity index (χ3v) is 4.20. The molecule has 0 radical (unpaired) electrons. The lowest BCUT2D eigenvalue weighted by Crippen LogP contribution is -2.22. The average Bonchev–Trinajstić information content (AvgIpc) is 2.54. The Bertz CT molecular complexity index is 965. The zero-order valence-electron chi connectivity index (χ0n) is 15.0. The van der Waals surface area contributed by atoms with E-state index >= 15 is 0 Å². The SMILES string of the molecule is CS(=O)(=O)Cc1ccc(F)cc1CN=C(N)Nc1ccc(OC(F)(F)F)cc1.I. The molecule has 0 atom stereocenters. The Morgan fingerprint density at radius 1 is 1.14 bits per heavy atom. The Balaban J connectivity index is 0.00000420. The maximum atomic E-state index is 13.5. The number of rotatable bonds is 6. The molecule has 0 aromatic heterocycles. The van der Waals surface area contributed by atoms with Gasteiger partial charge in [0.05, 0.1) is 12.3 Å². The standard InChI is InChI=1S/C17H17F4N3O3S.HI/c1-28(25,26)10-11-2-3-13(18)8-12(11)9-23-16(22)24-14-4-6-15(7-5-14)27-17(19,20)21;/h2-8H,9-10H2,1H3,(H3,22,23,24);1H. The zero-order chi connectivity index (χ0) is 20.9. The van der Waals surface area contributed by atoms with Crippen molar-refractivity contribution in [3.63, 3.8) is 0 Å². The van der Waals surface area contributed by atoms with E-state index in [0.717, 1.165) is 24.5 Å². The number of guanidine groups is 1. The Labute approximate surface area is 182 Å². The summed E-state index contributed by atoms with van der Waals surface area (Å²) in [7, 11) is -3.33. The van der Waals surface area contributed by atoms with E-state index < -0.39 is 27.8 Å². The summed E-state index contributed by atoms with van der Waals surface area (Å²) in [6, 6.07) is 8.49. The summed E-state index contributed by atoms with van der Waals surface area (Å²) in [6.45, 7) is -0.0866. The van der Waals surface area contributed by atoms with Crippen LogP contribution in [0.3, 0.4) is 0 Å². The number of benzene rings is 2. The van der Waals surface area contributed by atoms with Crippen molar-refractivity contribution in [2.45, 2.75) is 18.7 Å². The molecule has 2 aromatic rings. The lowest BCUT2D eigenvalue weighted by Gasteiger charge is -2.11. The average molecular weight is 547 g/mol. The van der Waals surface area contributed by atoms with Gasteiger partial charge in [-0.3, -0.25) is 0 Å². The molecule has 2 rings (SSSR count). The molecule has 0 bridgehead atoms. The van der Waals surface area contributed by atoms with Gasteiger partial charge in [0, 0.05) is 11.9 Å². The highest BCUT2D eigenvalue weighted by atomic mass is 127. The van der Waals surface area contributed by atoms with Crippen molar-refractivity contribution in [1.29, 1.82) is 0 Å². The van der Waals surface area contributed by atoms with Crippen LogP contribution in [0.4, 0.5) is 23.2 Å². The maximum absolute atomic E-state index is 13.5. The summed E-state index contributed by atoms with van der Waals surface area (Å²) < 4.78 is 76.6. The van der Waals surface area contributed by atoms with E-state index in [4.69, 9.17) is 5.73 Å². The van der Waals surface area contributed by atoms with Gasteiger partial charge in [-0.15, -0.1) is 37.1 Å². The highest BCUT2D eigenvalue weighted by Crippen LogP contribution is 2.24. The topological polar surface area (TPSA) is 93.8 Å². The predicted octanol–water partition coefficient (Wildman–Crippen LogP) is 3.81. The Morgan fingerprint density at radius 3 is 2.31 bits per heavy atom. The Hall–Kier alpha value is -2.09. The number of alkyl halides is 3. The van der Waals surface area contributed by atoms with Crippen LogP contribution in [0.5, 0.6) is 5.75 Å². The van der Waals surface area contributed by atoms with Gasteiger partial charge < -0.3 is 15.8 Å². The lowest BCUT2D eigenvalue weighted by atomic mass is 10.1. The molecular weight excluding hydrogens is 529 g/mol. The molecule has 29 heavy (non-hydrogen) atoms. The van der Waals surface area contributed by atoms with Gasteiger partial charge in [-0.05, 0) is 47.5 Å². The number of ether oxygens (including phenoxy) is 1. The van der Waals surface area contributed by atoms with E-state index in [1.807, 2.05) is 0 Å². The summed E-state index contributed by atoms with van der Waals surface area (Å²) in [4.78, 5) is 4.01. The van der Waals surface area contributed by atoms with E-state index in [2.05, 4.69) is 15.0 Å². The van der Waals surface area contributed by atoms with Gasteiger partial charge in [-0.25, -0.2) is 17.8 Å². The third-order valence-electron chi connectivity index (χ3n) is 3.37. The molecule has 0 aliphatic heterocycles. The number of aliphatic imine (C=N–C) groups is 1.